The number of aromatic nitrogens is 1. The molecule has 1 atom stereocenters. The summed E-state index contributed by atoms with van der Waals surface area (Å²) in [5.74, 6) is 0.783. The molecule has 3 amide bonds. The predicted molar refractivity (Wildman–Crippen MR) is 85.2 cm³/mol. The summed E-state index contributed by atoms with van der Waals surface area (Å²) in [6.07, 6.45) is 2.23. The van der Waals surface area contributed by atoms with Crippen LogP contribution >= 0.6 is 0 Å². The molecule has 8 nitrogen and oxygen atoms in total. The summed E-state index contributed by atoms with van der Waals surface area (Å²) in [4.78, 5) is 28.3. The van der Waals surface area contributed by atoms with Gasteiger partial charge in [-0.15, -0.1) is 0 Å². The first-order valence-corrected chi connectivity index (χ1v) is 8.49. The molecule has 0 unspecified atom stereocenters. The first kappa shape index (κ1) is 16.8. The van der Waals surface area contributed by atoms with Gasteiger partial charge in [0, 0.05) is 38.9 Å². The van der Waals surface area contributed by atoms with Crippen LogP contribution in [0.4, 0.5) is 4.79 Å². The van der Waals surface area contributed by atoms with E-state index >= 15 is 0 Å². The van der Waals surface area contributed by atoms with Crippen molar-refractivity contribution in [1.29, 1.82) is 0 Å². The lowest BCUT2D eigenvalue weighted by molar-refractivity contribution is -0.140. The minimum Gasteiger partial charge on any atom is -0.368 e. The lowest BCUT2D eigenvalue weighted by atomic mass is 10.2. The van der Waals surface area contributed by atoms with Crippen molar-refractivity contribution in [2.75, 3.05) is 32.8 Å². The molecule has 2 aliphatic rings. The lowest BCUT2D eigenvalue weighted by Gasteiger charge is -2.24. The van der Waals surface area contributed by atoms with Crippen LogP contribution in [-0.4, -0.2) is 65.8 Å². The highest BCUT2D eigenvalue weighted by molar-refractivity contribution is 5.81. The van der Waals surface area contributed by atoms with Crippen molar-refractivity contribution in [2.45, 2.75) is 38.8 Å². The number of nitrogens with one attached hydrogen (secondary N) is 1. The summed E-state index contributed by atoms with van der Waals surface area (Å²) in [6, 6.07) is 1.66. The molecule has 0 aromatic carbocycles. The fraction of sp³-hybridized carbons (Fsp3) is 0.688. The van der Waals surface area contributed by atoms with Crippen molar-refractivity contribution in [1.82, 2.24) is 20.3 Å². The van der Waals surface area contributed by atoms with E-state index in [9.17, 15) is 9.59 Å². The molecule has 132 valence electrons. The fourth-order valence-electron chi connectivity index (χ4n) is 3.10. The quantitative estimate of drug-likeness (QED) is 0.886. The monoisotopic (exact) mass is 336 g/mol. The van der Waals surface area contributed by atoms with Crippen molar-refractivity contribution in [3.8, 4) is 0 Å². The SMILES string of the molecule is Cc1cc(CNC(=O)N2CCCN(C(=O)[C@H]3CCCO3)CC2)no1. The molecule has 0 spiro atoms. The van der Waals surface area contributed by atoms with Crippen LogP contribution < -0.4 is 5.32 Å². The Kier molecular flexibility index (Phi) is 5.34. The second kappa shape index (κ2) is 7.65. The smallest absolute Gasteiger partial charge is 0.317 e. The maximum atomic E-state index is 12.4. The molecule has 1 N–H and O–H groups in total. The summed E-state index contributed by atoms with van der Waals surface area (Å²) in [5, 5.41) is 6.70. The molecule has 0 aliphatic carbocycles. The molecule has 24 heavy (non-hydrogen) atoms. The summed E-state index contributed by atoms with van der Waals surface area (Å²) in [6.45, 7) is 5.21. The number of ether oxygens (including phenoxy) is 1. The Morgan fingerprint density at radius 2 is 2.04 bits per heavy atom. The van der Waals surface area contributed by atoms with Gasteiger partial charge in [0.25, 0.3) is 5.91 Å². The number of carbonyl (C=O) groups is 2. The zero-order valence-electron chi connectivity index (χ0n) is 14.0. The van der Waals surface area contributed by atoms with E-state index in [-0.39, 0.29) is 18.0 Å². The summed E-state index contributed by atoms with van der Waals surface area (Å²) in [7, 11) is 0. The Morgan fingerprint density at radius 1 is 1.25 bits per heavy atom. The third-order valence-corrected chi connectivity index (χ3v) is 4.40. The maximum absolute atomic E-state index is 12.4. The van der Waals surface area contributed by atoms with E-state index in [2.05, 4.69) is 10.5 Å². The van der Waals surface area contributed by atoms with Crippen LogP contribution in [0.5, 0.6) is 0 Å². The van der Waals surface area contributed by atoms with Gasteiger partial charge in [-0.05, 0) is 26.2 Å². The van der Waals surface area contributed by atoms with Crippen molar-refractivity contribution in [3.05, 3.63) is 17.5 Å². The molecule has 2 fully saturated rings. The second-order valence-corrected chi connectivity index (χ2v) is 6.26. The van der Waals surface area contributed by atoms with E-state index in [1.807, 2.05) is 11.8 Å². The Hall–Kier alpha value is -2.09. The highest BCUT2D eigenvalue weighted by Gasteiger charge is 2.30. The van der Waals surface area contributed by atoms with Crippen LogP contribution in [-0.2, 0) is 16.1 Å². The fourth-order valence-corrected chi connectivity index (χ4v) is 3.10. The van der Waals surface area contributed by atoms with E-state index < -0.39 is 0 Å². The van der Waals surface area contributed by atoms with E-state index in [1.165, 1.54) is 0 Å². The van der Waals surface area contributed by atoms with Crippen LogP contribution in [0.15, 0.2) is 10.6 Å². The van der Waals surface area contributed by atoms with Gasteiger partial charge in [0.15, 0.2) is 0 Å². The van der Waals surface area contributed by atoms with Gasteiger partial charge in [-0.1, -0.05) is 5.16 Å². The van der Waals surface area contributed by atoms with Gasteiger partial charge in [0.1, 0.15) is 17.6 Å². The van der Waals surface area contributed by atoms with Gasteiger partial charge in [0.2, 0.25) is 0 Å². The minimum atomic E-state index is -0.291. The van der Waals surface area contributed by atoms with Gasteiger partial charge in [-0.3, -0.25) is 4.79 Å². The first-order valence-electron chi connectivity index (χ1n) is 8.49. The number of amides is 3. The highest BCUT2D eigenvalue weighted by Crippen LogP contribution is 2.16. The van der Waals surface area contributed by atoms with E-state index in [4.69, 9.17) is 9.26 Å². The average Bonchev–Trinajstić information content (AvgIpc) is 3.18. The Morgan fingerprint density at radius 3 is 2.75 bits per heavy atom. The molecule has 2 saturated heterocycles. The Bertz CT molecular complexity index is 582. The van der Waals surface area contributed by atoms with Crippen LogP contribution in [0.25, 0.3) is 0 Å². The normalized spacial score (nSPS) is 21.6. The van der Waals surface area contributed by atoms with E-state index in [0.717, 1.165) is 25.0 Å². The second-order valence-electron chi connectivity index (χ2n) is 6.26. The molecule has 3 rings (SSSR count). The molecular formula is C16H24N4O4. The van der Waals surface area contributed by atoms with Crippen molar-refractivity contribution in [3.63, 3.8) is 0 Å². The number of aryl methyl sites for hydroxylation is 1. The molecule has 1 aromatic rings. The minimum absolute atomic E-state index is 0.0628. The first-order chi connectivity index (χ1) is 11.6. The maximum Gasteiger partial charge on any atom is 0.317 e. The zero-order chi connectivity index (χ0) is 16.9. The molecule has 0 bridgehead atoms. The molecular weight excluding hydrogens is 312 g/mol. The molecule has 8 heteroatoms. The van der Waals surface area contributed by atoms with Crippen LogP contribution in [0.1, 0.15) is 30.7 Å². The number of nitrogens with zero attached hydrogens (tertiary/aromatic N) is 3. The average molecular weight is 336 g/mol. The molecule has 0 radical (unpaired) electrons. The van der Waals surface area contributed by atoms with Gasteiger partial charge in [0.05, 0.1) is 6.54 Å². The van der Waals surface area contributed by atoms with Crippen LogP contribution in [0.2, 0.25) is 0 Å². The molecule has 0 saturated carbocycles. The molecule has 3 heterocycles. The van der Waals surface area contributed by atoms with Crippen molar-refractivity contribution < 1.29 is 18.8 Å². The third-order valence-electron chi connectivity index (χ3n) is 4.40. The van der Waals surface area contributed by atoms with Crippen LogP contribution in [0.3, 0.4) is 0 Å². The number of urea groups is 1. The summed E-state index contributed by atoms with van der Waals surface area (Å²) < 4.78 is 10.5. The van der Waals surface area contributed by atoms with E-state index in [1.54, 1.807) is 11.0 Å². The summed E-state index contributed by atoms with van der Waals surface area (Å²) in [5.41, 5.74) is 0.700. The van der Waals surface area contributed by atoms with Crippen LogP contribution in [0, 0.1) is 6.92 Å². The van der Waals surface area contributed by atoms with Gasteiger partial charge >= 0.3 is 6.03 Å². The third kappa shape index (κ3) is 4.05. The summed E-state index contributed by atoms with van der Waals surface area (Å²) >= 11 is 0. The number of carbonyl (C=O) groups excluding carboxylic acids is 2. The Labute approximate surface area is 141 Å². The lowest BCUT2D eigenvalue weighted by Crippen LogP contribution is -2.44. The molecule has 2 aliphatic heterocycles. The number of hydrogen-bond acceptors (Lipinski definition) is 5. The van der Waals surface area contributed by atoms with Gasteiger partial charge in [-0.25, -0.2) is 4.79 Å². The largest absolute Gasteiger partial charge is 0.368 e. The standard InChI is InChI=1S/C16H24N4O4/c1-12-10-13(18-24-12)11-17-16(22)20-6-3-5-19(7-8-20)15(21)14-4-2-9-23-14/h10,14H,2-9,11H2,1H3,(H,17,22)/t14-/m1/s1. The number of hydrogen-bond donors (Lipinski definition) is 1. The van der Waals surface area contributed by atoms with Gasteiger partial charge in [-0.2, -0.15) is 0 Å². The van der Waals surface area contributed by atoms with E-state index in [0.29, 0.717) is 45.0 Å². The zero-order valence-corrected chi connectivity index (χ0v) is 14.0. The Balaban J connectivity index is 1.47. The number of rotatable bonds is 3. The predicted octanol–water partition coefficient (Wildman–Crippen LogP) is 0.906. The highest BCUT2D eigenvalue weighted by atomic mass is 16.5. The van der Waals surface area contributed by atoms with Crippen molar-refractivity contribution in [2.24, 2.45) is 0 Å². The van der Waals surface area contributed by atoms with Gasteiger partial charge < -0.3 is 24.4 Å². The topological polar surface area (TPSA) is 87.9 Å². The van der Waals surface area contributed by atoms with Crippen molar-refractivity contribution >= 4 is 11.9 Å². The molecule has 1 aromatic heterocycles.